The first-order chi connectivity index (χ1) is 16.1. The molecule has 0 radical (unpaired) electrons. The van der Waals surface area contributed by atoms with Crippen molar-refractivity contribution >= 4 is 34.3 Å². The standard InChI is InChI=1S/C23H25N9O/c24-8-2-10-32-15-4-5-16(32)12-14(11-15)27-23-17-3-1-9-26-19(17)13-21(29-23)28-20-7-6-18(22(25)33)30-31-20/h1,3,6-7,9,13-16H,2,4-5,10-12H2,(H2,25,33)(H2,27,28,29,31)/t14?,15-,16+. The number of rotatable bonds is 7. The summed E-state index contributed by atoms with van der Waals surface area (Å²) in [6.07, 6.45) is 6.77. The lowest BCUT2D eigenvalue weighted by molar-refractivity contribution is 0.0994. The Morgan fingerprint density at radius 2 is 2.00 bits per heavy atom. The maximum absolute atomic E-state index is 11.2. The van der Waals surface area contributed by atoms with Crippen molar-refractivity contribution in [1.29, 1.82) is 5.26 Å². The molecule has 2 fully saturated rings. The number of primary amides is 1. The van der Waals surface area contributed by atoms with Crippen molar-refractivity contribution in [3.8, 4) is 6.07 Å². The summed E-state index contributed by atoms with van der Waals surface area (Å²) in [5.74, 6) is 1.19. The number of amides is 1. The van der Waals surface area contributed by atoms with Crippen LogP contribution in [0.15, 0.2) is 36.5 Å². The summed E-state index contributed by atoms with van der Waals surface area (Å²) in [6, 6.07) is 12.5. The molecule has 3 aromatic heterocycles. The van der Waals surface area contributed by atoms with Gasteiger partial charge in [0.05, 0.1) is 11.6 Å². The second-order valence-electron chi connectivity index (χ2n) is 8.56. The van der Waals surface area contributed by atoms with Gasteiger partial charge in [-0.3, -0.25) is 14.7 Å². The minimum atomic E-state index is -0.624. The number of hydrogen-bond acceptors (Lipinski definition) is 9. The van der Waals surface area contributed by atoms with Gasteiger partial charge < -0.3 is 16.4 Å². The van der Waals surface area contributed by atoms with E-state index in [4.69, 9.17) is 16.0 Å². The van der Waals surface area contributed by atoms with Crippen LogP contribution in [0, 0.1) is 11.3 Å². The van der Waals surface area contributed by atoms with Gasteiger partial charge in [0.1, 0.15) is 11.6 Å². The third-order valence-electron chi connectivity index (χ3n) is 6.48. The molecule has 2 aliphatic heterocycles. The SMILES string of the molecule is N#CCCN1[C@@H]2CC[C@H]1CC(Nc1nc(Nc3ccc(C(N)=O)nn3)cc3ncccc13)C2. The monoisotopic (exact) mass is 443 g/mol. The molecule has 0 aromatic carbocycles. The largest absolute Gasteiger partial charge is 0.367 e. The fourth-order valence-electron chi connectivity index (χ4n) is 5.04. The molecule has 1 unspecified atom stereocenters. The number of anilines is 3. The van der Waals surface area contributed by atoms with Crippen LogP contribution in [0.4, 0.5) is 17.5 Å². The Morgan fingerprint density at radius 1 is 1.18 bits per heavy atom. The zero-order valence-corrected chi connectivity index (χ0v) is 18.1. The fourth-order valence-corrected chi connectivity index (χ4v) is 5.04. The fraction of sp³-hybridized carbons (Fsp3) is 0.391. The average Bonchev–Trinajstić information content (AvgIpc) is 3.05. The van der Waals surface area contributed by atoms with Crippen molar-refractivity contribution < 1.29 is 4.79 Å². The molecule has 5 heterocycles. The van der Waals surface area contributed by atoms with E-state index in [0.717, 1.165) is 36.1 Å². The van der Waals surface area contributed by atoms with Crippen LogP contribution in [0.3, 0.4) is 0 Å². The lowest BCUT2D eigenvalue weighted by Crippen LogP contribution is -2.47. The Labute approximate surface area is 191 Å². The van der Waals surface area contributed by atoms with E-state index in [1.807, 2.05) is 18.2 Å². The van der Waals surface area contributed by atoms with Gasteiger partial charge in [0.25, 0.3) is 5.91 Å². The number of nitriles is 1. The molecule has 3 aromatic rings. The van der Waals surface area contributed by atoms with Gasteiger partial charge in [0, 0.05) is 48.7 Å². The lowest BCUT2D eigenvalue weighted by atomic mass is 9.97. The van der Waals surface area contributed by atoms with Gasteiger partial charge in [-0.1, -0.05) is 0 Å². The number of carbonyl (C=O) groups is 1. The Hall–Kier alpha value is -3.84. The maximum Gasteiger partial charge on any atom is 0.269 e. The van der Waals surface area contributed by atoms with E-state index in [1.54, 1.807) is 12.3 Å². The van der Waals surface area contributed by atoms with Gasteiger partial charge in [-0.25, -0.2) is 4.98 Å². The van der Waals surface area contributed by atoms with Crippen LogP contribution >= 0.6 is 0 Å². The zero-order valence-electron chi connectivity index (χ0n) is 18.1. The number of nitrogens with one attached hydrogen (secondary N) is 2. The Balaban J connectivity index is 1.37. The van der Waals surface area contributed by atoms with Crippen LogP contribution < -0.4 is 16.4 Å². The van der Waals surface area contributed by atoms with Crippen molar-refractivity contribution in [2.45, 2.75) is 50.2 Å². The third kappa shape index (κ3) is 4.40. The summed E-state index contributed by atoms with van der Waals surface area (Å²) in [4.78, 5) is 23.1. The molecule has 0 saturated carbocycles. The van der Waals surface area contributed by atoms with Crippen LogP contribution in [-0.2, 0) is 0 Å². The van der Waals surface area contributed by atoms with Gasteiger partial charge in [0.15, 0.2) is 11.5 Å². The highest BCUT2D eigenvalue weighted by Gasteiger charge is 2.40. The molecule has 5 rings (SSSR count). The number of carbonyl (C=O) groups excluding carboxylic acids is 1. The number of hydrogen-bond donors (Lipinski definition) is 3. The summed E-state index contributed by atoms with van der Waals surface area (Å²) < 4.78 is 0. The number of fused-ring (bicyclic) bond motifs is 3. The minimum absolute atomic E-state index is 0.104. The van der Waals surface area contributed by atoms with Crippen LogP contribution in [0.5, 0.6) is 0 Å². The van der Waals surface area contributed by atoms with E-state index in [0.29, 0.717) is 36.2 Å². The molecular weight excluding hydrogens is 418 g/mol. The molecule has 2 saturated heterocycles. The van der Waals surface area contributed by atoms with Crippen molar-refractivity contribution in [2.75, 3.05) is 17.2 Å². The van der Waals surface area contributed by atoms with Crippen molar-refractivity contribution in [3.63, 3.8) is 0 Å². The Kier molecular flexibility index (Phi) is 5.71. The molecule has 33 heavy (non-hydrogen) atoms. The number of nitrogens with zero attached hydrogens (tertiary/aromatic N) is 6. The number of piperidine rings is 1. The molecule has 1 amide bonds. The first-order valence-electron chi connectivity index (χ1n) is 11.2. The van der Waals surface area contributed by atoms with E-state index < -0.39 is 5.91 Å². The van der Waals surface area contributed by atoms with Gasteiger partial charge >= 0.3 is 0 Å². The van der Waals surface area contributed by atoms with Gasteiger partial charge in [-0.2, -0.15) is 5.26 Å². The average molecular weight is 444 g/mol. The van der Waals surface area contributed by atoms with Crippen LogP contribution in [-0.4, -0.2) is 55.6 Å². The van der Waals surface area contributed by atoms with Gasteiger partial charge in [-0.15, -0.1) is 10.2 Å². The molecule has 2 bridgehead atoms. The first kappa shape index (κ1) is 21.0. The Bertz CT molecular complexity index is 1190. The van der Waals surface area contributed by atoms with Gasteiger partial charge in [-0.05, 0) is 49.9 Å². The van der Waals surface area contributed by atoms with E-state index in [9.17, 15) is 4.79 Å². The summed E-state index contributed by atoms with van der Waals surface area (Å²) in [7, 11) is 0. The predicted octanol–water partition coefficient (Wildman–Crippen LogP) is 2.58. The van der Waals surface area contributed by atoms with E-state index in [1.165, 1.54) is 18.9 Å². The highest BCUT2D eigenvalue weighted by Crippen LogP contribution is 2.37. The first-order valence-corrected chi connectivity index (χ1v) is 11.2. The summed E-state index contributed by atoms with van der Waals surface area (Å²) in [5, 5.41) is 24.6. The lowest BCUT2D eigenvalue weighted by Gasteiger charge is -2.39. The van der Waals surface area contributed by atoms with Gasteiger partial charge in [0.2, 0.25) is 0 Å². The van der Waals surface area contributed by atoms with E-state index in [2.05, 4.69) is 36.8 Å². The zero-order chi connectivity index (χ0) is 22.8. The molecule has 10 heteroatoms. The highest BCUT2D eigenvalue weighted by molar-refractivity contribution is 5.92. The molecular formula is C23H25N9O. The van der Waals surface area contributed by atoms with Crippen LogP contribution in [0.1, 0.15) is 42.6 Å². The molecule has 10 nitrogen and oxygen atoms in total. The number of pyridine rings is 2. The normalized spacial score (nSPS) is 22.1. The second-order valence-corrected chi connectivity index (χ2v) is 8.56. The van der Waals surface area contributed by atoms with Crippen molar-refractivity contribution in [2.24, 2.45) is 5.73 Å². The number of aromatic nitrogens is 4. The quantitative estimate of drug-likeness (QED) is 0.501. The molecule has 2 aliphatic rings. The molecule has 0 spiro atoms. The third-order valence-corrected chi connectivity index (χ3v) is 6.48. The topological polar surface area (TPSA) is 146 Å². The predicted molar refractivity (Wildman–Crippen MR) is 124 cm³/mol. The molecule has 168 valence electrons. The van der Waals surface area contributed by atoms with E-state index in [-0.39, 0.29) is 5.69 Å². The second kappa shape index (κ2) is 8.96. The minimum Gasteiger partial charge on any atom is -0.367 e. The van der Waals surface area contributed by atoms with Crippen LogP contribution in [0.2, 0.25) is 0 Å². The molecule has 4 N–H and O–H groups in total. The van der Waals surface area contributed by atoms with E-state index >= 15 is 0 Å². The number of nitrogens with two attached hydrogens (primary N) is 1. The Morgan fingerprint density at radius 3 is 2.70 bits per heavy atom. The van der Waals surface area contributed by atoms with Crippen molar-refractivity contribution in [1.82, 2.24) is 25.1 Å². The van der Waals surface area contributed by atoms with Crippen molar-refractivity contribution in [3.05, 3.63) is 42.2 Å². The summed E-state index contributed by atoms with van der Waals surface area (Å²) >= 11 is 0. The highest BCUT2D eigenvalue weighted by atomic mass is 16.1. The summed E-state index contributed by atoms with van der Waals surface area (Å²) in [6.45, 7) is 0.860. The summed E-state index contributed by atoms with van der Waals surface area (Å²) in [5.41, 5.74) is 6.15. The van der Waals surface area contributed by atoms with Crippen LogP contribution in [0.25, 0.3) is 10.9 Å². The maximum atomic E-state index is 11.2. The molecule has 3 atom stereocenters. The smallest absolute Gasteiger partial charge is 0.269 e. The molecule has 0 aliphatic carbocycles.